The van der Waals surface area contributed by atoms with Gasteiger partial charge < -0.3 is 10.1 Å². The van der Waals surface area contributed by atoms with Crippen LogP contribution < -0.4 is 19.8 Å². The molecule has 2 aliphatic rings. The number of para-hydroxylation sites is 3. The van der Waals surface area contributed by atoms with Crippen LogP contribution in [-0.4, -0.2) is 34.6 Å². The smallest absolute Gasteiger partial charge is 0.418 e. The van der Waals surface area contributed by atoms with Crippen LogP contribution in [0.15, 0.2) is 88.7 Å². The topological polar surface area (TPSA) is 97.7 Å². The molecule has 4 aromatic rings. The quantitative estimate of drug-likeness (QED) is 0.290. The van der Waals surface area contributed by atoms with Crippen molar-refractivity contribution in [3.63, 3.8) is 0 Å². The monoisotopic (exact) mass is 625 g/mol. The zero-order valence-electron chi connectivity index (χ0n) is 22.3. The summed E-state index contributed by atoms with van der Waals surface area (Å²) in [5, 5.41) is 1.65. The number of anilines is 2. The normalized spacial score (nSPS) is 19.6. The summed E-state index contributed by atoms with van der Waals surface area (Å²) in [6.45, 7) is -0.593. The first-order chi connectivity index (χ1) is 20.6. The van der Waals surface area contributed by atoms with Crippen LogP contribution in [0.25, 0.3) is 0 Å². The number of thiazole rings is 1. The van der Waals surface area contributed by atoms with E-state index in [9.17, 15) is 32.3 Å². The van der Waals surface area contributed by atoms with Crippen LogP contribution in [-0.2, 0) is 27.1 Å². The molecule has 2 aliphatic heterocycles. The van der Waals surface area contributed by atoms with Gasteiger partial charge in [-0.15, -0.1) is 0 Å². The Hall–Kier alpha value is -4.36. The van der Waals surface area contributed by atoms with E-state index in [2.05, 4.69) is 5.32 Å². The lowest BCUT2D eigenvalue weighted by Gasteiger charge is -2.31. The average Bonchev–Trinajstić information content (AvgIpc) is 3.43. The number of thioether (sulfide) groups is 1. The lowest BCUT2D eigenvalue weighted by Crippen LogP contribution is -2.33. The van der Waals surface area contributed by atoms with Gasteiger partial charge in [0.25, 0.3) is 0 Å². The molecule has 3 aromatic carbocycles. The number of methoxy groups -OCH3 is 1. The molecule has 1 saturated heterocycles. The van der Waals surface area contributed by atoms with E-state index in [4.69, 9.17) is 4.74 Å². The van der Waals surface area contributed by atoms with Gasteiger partial charge in [0.1, 0.15) is 17.5 Å². The molecule has 8 nitrogen and oxygen atoms in total. The summed E-state index contributed by atoms with van der Waals surface area (Å²) in [7, 11) is 1.48. The van der Waals surface area contributed by atoms with E-state index in [1.165, 1.54) is 19.2 Å². The highest BCUT2D eigenvalue weighted by Crippen LogP contribution is 2.55. The van der Waals surface area contributed by atoms with E-state index in [1.807, 2.05) is 0 Å². The standard InChI is InChI=1S/C30H22F3N3O5S2/c1-41-20-14-8-5-11-17(20)22-23-24(27(39)36(26(23)38)16-9-3-2-4-10-16)42-28-25(22)43-29(40)35(28)15-21(37)34-19-13-7-6-12-18(19)30(31,32)33/h2-14,22-24H,15H2,1H3,(H,34,37). The number of aromatic nitrogens is 1. The molecule has 6 rings (SSSR count). The number of carbonyl (C=O) groups is 3. The van der Waals surface area contributed by atoms with Gasteiger partial charge in [-0.25, -0.2) is 4.90 Å². The highest BCUT2D eigenvalue weighted by molar-refractivity contribution is 8.00. The van der Waals surface area contributed by atoms with Crippen LogP contribution in [0.5, 0.6) is 5.75 Å². The molecule has 1 aromatic heterocycles. The van der Waals surface area contributed by atoms with Crippen molar-refractivity contribution in [3.8, 4) is 5.75 Å². The molecule has 3 atom stereocenters. The number of hydrogen-bond acceptors (Lipinski definition) is 7. The highest BCUT2D eigenvalue weighted by Gasteiger charge is 2.57. The molecule has 3 unspecified atom stereocenters. The number of fused-ring (bicyclic) bond motifs is 2. The Kier molecular flexibility index (Phi) is 7.38. The summed E-state index contributed by atoms with van der Waals surface area (Å²) < 4.78 is 47.2. The van der Waals surface area contributed by atoms with E-state index in [-0.39, 0.29) is 0 Å². The maximum Gasteiger partial charge on any atom is 0.418 e. The Labute approximate surface area is 251 Å². The van der Waals surface area contributed by atoms with Gasteiger partial charge >= 0.3 is 11.0 Å². The molecule has 43 heavy (non-hydrogen) atoms. The zero-order chi connectivity index (χ0) is 30.5. The van der Waals surface area contributed by atoms with Crippen LogP contribution in [0.1, 0.15) is 21.9 Å². The minimum Gasteiger partial charge on any atom is -0.496 e. The number of hydrogen-bond donors (Lipinski definition) is 1. The SMILES string of the molecule is COc1ccccc1C1c2sc(=O)n(CC(=O)Nc3ccccc3C(F)(F)F)c2SC2C(=O)N(c3ccccc3)C(=O)C21. The Balaban J connectivity index is 1.42. The van der Waals surface area contributed by atoms with Crippen LogP contribution in [0, 0.1) is 5.92 Å². The molecule has 0 bridgehead atoms. The number of halogens is 3. The van der Waals surface area contributed by atoms with E-state index in [0.717, 1.165) is 44.7 Å². The van der Waals surface area contributed by atoms with Crippen molar-refractivity contribution >= 4 is 52.2 Å². The summed E-state index contributed by atoms with van der Waals surface area (Å²) >= 11 is 1.85. The number of amides is 3. The number of alkyl halides is 3. The number of carbonyl (C=O) groups excluding carboxylic acids is 3. The molecule has 1 fully saturated rings. The van der Waals surface area contributed by atoms with Crippen molar-refractivity contribution in [1.29, 1.82) is 0 Å². The third-order valence-corrected chi connectivity index (χ3v) is 9.95. The molecule has 1 N–H and O–H groups in total. The first kappa shape index (κ1) is 28.7. The number of benzene rings is 3. The Morgan fingerprint density at radius 3 is 2.33 bits per heavy atom. The lowest BCUT2D eigenvalue weighted by molar-refractivity contribution is -0.137. The van der Waals surface area contributed by atoms with E-state index < -0.39 is 63.7 Å². The van der Waals surface area contributed by atoms with Crippen LogP contribution >= 0.6 is 23.1 Å². The third-order valence-electron chi connectivity index (χ3n) is 7.35. The minimum absolute atomic E-state index is 0.308. The van der Waals surface area contributed by atoms with Gasteiger partial charge in [0, 0.05) is 16.4 Å². The van der Waals surface area contributed by atoms with Gasteiger partial charge in [-0.2, -0.15) is 13.2 Å². The molecule has 0 saturated carbocycles. The molecule has 3 heterocycles. The van der Waals surface area contributed by atoms with Gasteiger partial charge in [0.15, 0.2) is 0 Å². The maximum atomic E-state index is 13.9. The Morgan fingerprint density at radius 2 is 1.60 bits per heavy atom. The maximum absolute atomic E-state index is 13.9. The van der Waals surface area contributed by atoms with Gasteiger partial charge in [-0.1, -0.05) is 71.6 Å². The fraction of sp³-hybridized carbons (Fsp3) is 0.200. The number of rotatable bonds is 6. The third kappa shape index (κ3) is 5.01. The highest BCUT2D eigenvalue weighted by atomic mass is 32.2. The van der Waals surface area contributed by atoms with E-state index in [0.29, 0.717) is 26.9 Å². The van der Waals surface area contributed by atoms with E-state index in [1.54, 1.807) is 54.6 Å². The fourth-order valence-electron chi connectivity index (χ4n) is 5.52. The summed E-state index contributed by atoms with van der Waals surface area (Å²) in [6.07, 6.45) is -4.70. The molecular formula is C30H22F3N3O5S2. The summed E-state index contributed by atoms with van der Waals surface area (Å²) in [5.74, 6) is -2.92. The van der Waals surface area contributed by atoms with Crippen molar-refractivity contribution in [2.75, 3.05) is 17.3 Å². The lowest BCUT2D eigenvalue weighted by atomic mass is 9.82. The average molecular weight is 626 g/mol. The summed E-state index contributed by atoms with van der Waals surface area (Å²) in [6, 6.07) is 20.1. The minimum atomic E-state index is -4.70. The predicted octanol–water partition coefficient (Wildman–Crippen LogP) is 5.37. The van der Waals surface area contributed by atoms with Crippen molar-refractivity contribution < 1.29 is 32.3 Å². The van der Waals surface area contributed by atoms with Gasteiger partial charge in [-0.3, -0.25) is 23.7 Å². The Bertz CT molecular complexity index is 1800. The van der Waals surface area contributed by atoms with Crippen molar-refractivity contribution in [3.05, 3.63) is 105 Å². The number of nitrogens with zero attached hydrogens (tertiary/aromatic N) is 2. The molecule has 220 valence electrons. The van der Waals surface area contributed by atoms with Crippen LogP contribution in [0.4, 0.5) is 24.5 Å². The molecular weight excluding hydrogens is 603 g/mol. The largest absolute Gasteiger partial charge is 0.496 e. The molecule has 3 amide bonds. The van der Waals surface area contributed by atoms with Gasteiger partial charge in [0.05, 0.1) is 35.0 Å². The first-order valence-electron chi connectivity index (χ1n) is 13.0. The molecule has 0 spiro atoms. The molecule has 13 heteroatoms. The van der Waals surface area contributed by atoms with Gasteiger partial charge in [-0.05, 0) is 30.3 Å². The summed E-state index contributed by atoms with van der Waals surface area (Å²) in [5.41, 5.74) is -0.455. The summed E-state index contributed by atoms with van der Waals surface area (Å²) in [4.78, 5) is 55.2. The fourth-order valence-corrected chi connectivity index (χ4v) is 8.28. The van der Waals surface area contributed by atoms with Gasteiger partial charge in [0.2, 0.25) is 17.7 Å². The van der Waals surface area contributed by atoms with Crippen LogP contribution in [0.3, 0.4) is 0 Å². The van der Waals surface area contributed by atoms with Crippen LogP contribution in [0.2, 0.25) is 0 Å². The second-order valence-electron chi connectivity index (χ2n) is 9.85. The first-order valence-corrected chi connectivity index (χ1v) is 14.7. The predicted molar refractivity (Wildman–Crippen MR) is 156 cm³/mol. The number of ether oxygens (including phenoxy) is 1. The zero-order valence-corrected chi connectivity index (χ0v) is 24.0. The molecule has 0 radical (unpaired) electrons. The van der Waals surface area contributed by atoms with Crippen molar-refractivity contribution in [2.24, 2.45) is 5.92 Å². The van der Waals surface area contributed by atoms with Crippen molar-refractivity contribution in [2.45, 2.75) is 28.9 Å². The van der Waals surface area contributed by atoms with E-state index >= 15 is 0 Å². The number of nitrogens with one attached hydrogen (secondary N) is 1. The van der Waals surface area contributed by atoms with Crippen molar-refractivity contribution in [1.82, 2.24) is 4.57 Å². The second-order valence-corrected chi connectivity index (χ2v) is 12.0. The Morgan fingerprint density at radius 1 is 0.930 bits per heavy atom. The molecule has 0 aliphatic carbocycles. The second kappa shape index (κ2) is 11.0. The number of imide groups is 1.